The fraction of sp³-hybridized carbons (Fsp3) is 0.0952. The van der Waals surface area contributed by atoms with Gasteiger partial charge in [0.05, 0.1) is 0 Å². The van der Waals surface area contributed by atoms with Gasteiger partial charge in [-0.2, -0.15) is 0 Å². The molecule has 24 heavy (non-hydrogen) atoms. The number of imidazole rings is 1. The van der Waals surface area contributed by atoms with Gasteiger partial charge in [-0.25, -0.2) is 9.13 Å². The maximum Gasteiger partial charge on any atom is 0.245 e. The molecule has 0 aliphatic rings. The summed E-state index contributed by atoms with van der Waals surface area (Å²) in [6.45, 7) is 1.42. The van der Waals surface area contributed by atoms with Crippen molar-refractivity contribution in [1.29, 1.82) is 0 Å². The van der Waals surface area contributed by atoms with Crippen molar-refractivity contribution >= 4 is 11.0 Å². The topological polar surface area (TPSA) is 8.81 Å². The van der Waals surface area contributed by atoms with Crippen molar-refractivity contribution < 1.29 is 18.3 Å². The van der Waals surface area contributed by atoms with Crippen LogP contribution in [0.3, 0.4) is 0 Å². The van der Waals surface area contributed by atoms with E-state index >= 15 is 0 Å². The van der Waals surface area contributed by atoms with Crippen LogP contribution in [-0.4, -0.2) is 4.57 Å². The summed E-state index contributed by atoms with van der Waals surface area (Å²) in [5.74, 6) is 0. The normalized spacial score (nSPS) is 11.1. The van der Waals surface area contributed by atoms with Crippen LogP contribution < -0.4 is 17.0 Å². The molecule has 0 bridgehead atoms. The summed E-state index contributed by atoms with van der Waals surface area (Å²) in [5, 5.41) is 0. The first kappa shape index (κ1) is 15.0. The Kier molecular flexibility index (Phi) is 4.57. The quantitative estimate of drug-likeness (QED) is 0.493. The molecule has 0 aliphatic heterocycles. The fourth-order valence-electron chi connectivity index (χ4n) is 2.95. The van der Waals surface area contributed by atoms with Gasteiger partial charge in [-0.1, -0.05) is 72.8 Å². The van der Waals surface area contributed by atoms with Crippen molar-refractivity contribution in [2.45, 2.75) is 13.1 Å². The minimum absolute atomic E-state index is 0. The Balaban J connectivity index is 0.00000182. The van der Waals surface area contributed by atoms with E-state index in [1.807, 2.05) is 48.5 Å². The van der Waals surface area contributed by atoms with Gasteiger partial charge in [-0.15, -0.1) is 0 Å². The molecule has 0 saturated heterocycles. The lowest BCUT2D eigenvalue weighted by Crippen LogP contribution is -3.00. The van der Waals surface area contributed by atoms with Crippen molar-refractivity contribution in [2.24, 2.45) is 0 Å². The number of hydrogen-bond acceptors (Lipinski definition) is 0. The lowest BCUT2D eigenvalue weighted by atomic mass is 10.2. The van der Waals surface area contributed by atoms with E-state index in [2.05, 4.69) is 45.5 Å². The van der Waals surface area contributed by atoms with E-state index < -0.39 is 0 Å². The Hall–Kier alpha value is -2.58. The second-order valence-corrected chi connectivity index (χ2v) is 5.73. The van der Waals surface area contributed by atoms with Gasteiger partial charge in [0, 0.05) is 0 Å². The van der Waals surface area contributed by atoms with Gasteiger partial charge in [0.2, 0.25) is 6.30 Å². The average Bonchev–Trinajstić information content (AvgIpc) is 2.90. The molecule has 0 N–H and O–H groups in total. The van der Waals surface area contributed by atoms with Gasteiger partial charge in [0.25, 0.3) is 0 Å². The molecule has 1 heterocycles. The molecule has 0 atom stereocenters. The first-order valence-corrected chi connectivity index (χ1v) is 7.88. The van der Waals surface area contributed by atoms with E-state index in [1.54, 1.807) is 0 Å². The van der Waals surface area contributed by atoms with Crippen LogP contribution in [0.15, 0.2) is 91.2 Å². The lowest BCUT2D eigenvalue weighted by Gasteiger charge is -1.98. The average molecular weight is 336 g/mol. The van der Waals surface area contributed by atoms with Gasteiger partial charge in [0.1, 0.15) is 13.1 Å². The fourth-order valence-corrected chi connectivity index (χ4v) is 2.95. The molecule has 3 heteroatoms. The molecule has 4 aromatic rings. The Morgan fingerprint density at radius 2 is 1.33 bits per heavy atom. The zero-order chi connectivity index (χ0) is 16.4. The van der Waals surface area contributed by atoms with E-state index in [0.717, 1.165) is 11.0 Å². The highest BCUT2D eigenvalue weighted by atomic mass is 35.5. The van der Waals surface area contributed by atoms with Crippen molar-refractivity contribution in [3.63, 3.8) is 0 Å². The van der Waals surface area contributed by atoms with Crippen molar-refractivity contribution in [1.82, 2.24) is 4.57 Å². The van der Waals surface area contributed by atoms with Crippen molar-refractivity contribution in [3.8, 4) is 0 Å². The van der Waals surface area contributed by atoms with Gasteiger partial charge >= 0.3 is 0 Å². The Labute approximate surface area is 149 Å². The van der Waals surface area contributed by atoms with Gasteiger partial charge in [-0.3, -0.25) is 0 Å². The highest BCUT2D eigenvalue weighted by molar-refractivity contribution is 5.71. The summed E-state index contributed by atoms with van der Waals surface area (Å²) in [6.07, 6.45) is 0.531. The van der Waals surface area contributed by atoms with Crippen LogP contribution in [-0.2, 0) is 13.1 Å². The second-order valence-electron chi connectivity index (χ2n) is 5.73. The van der Waals surface area contributed by atoms with Crippen LogP contribution in [0.2, 0.25) is 0 Å². The van der Waals surface area contributed by atoms with E-state index in [-0.39, 0.29) is 12.4 Å². The number of benzene rings is 3. The minimum Gasteiger partial charge on any atom is -1.00 e. The third-order valence-electron chi connectivity index (χ3n) is 4.07. The SMILES string of the molecule is [2H]c1n(Cc2ccccc2)c2ccccc2[n+]1Cc1ccccc1.[Cl-]. The molecule has 2 nitrogen and oxygen atoms in total. The van der Waals surface area contributed by atoms with Crippen LogP contribution in [0.5, 0.6) is 0 Å². The smallest absolute Gasteiger partial charge is 0.245 e. The van der Waals surface area contributed by atoms with Crippen LogP contribution in [0.1, 0.15) is 12.5 Å². The van der Waals surface area contributed by atoms with Crippen molar-refractivity contribution in [3.05, 3.63) is 102 Å². The molecule has 1 aromatic heterocycles. The predicted molar refractivity (Wildman–Crippen MR) is 93.2 cm³/mol. The van der Waals surface area contributed by atoms with E-state index in [0.29, 0.717) is 19.4 Å². The summed E-state index contributed by atoms with van der Waals surface area (Å²) < 4.78 is 12.9. The molecule has 0 radical (unpaired) electrons. The van der Waals surface area contributed by atoms with E-state index in [1.165, 1.54) is 11.1 Å². The van der Waals surface area contributed by atoms with Crippen LogP contribution in [0, 0.1) is 0 Å². The lowest BCUT2D eigenvalue weighted by molar-refractivity contribution is -0.663. The highest BCUT2D eigenvalue weighted by Gasteiger charge is 2.15. The molecule has 0 spiro atoms. The van der Waals surface area contributed by atoms with Gasteiger partial charge < -0.3 is 12.4 Å². The number of hydrogen-bond donors (Lipinski definition) is 0. The molecule has 4 rings (SSSR count). The minimum atomic E-state index is 0. The maximum atomic E-state index is 8.70. The summed E-state index contributed by atoms with van der Waals surface area (Å²) in [6, 6.07) is 28.9. The standard InChI is InChI=1S/C21H19N2.ClH/c1-3-9-18(10-4-1)15-22-17-23(16-19-11-5-2-6-12-19)21-14-8-7-13-20(21)22;/h1-14,17H,15-16H2;1H/q+1;/p-1/i17D;. The molecule has 0 amide bonds. The number of halogens is 1. The Bertz CT molecular complexity index is 887. The van der Waals surface area contributed by atoms with Crippen LogP contribution in [0.25, 0.3) is 11.0 Å². The number of nitrogens with zero attached hydrogens (tertiary/aromatic N) is 2. The summed E-state index contributed by atoms with van der Waals surface area (Å²) in [7, 11) is 0. The Morgan fingerprint density at radius 3 is 2.04 bits per heavy atom. The first-order chi connectivity index (χ1) is 11.8. The number of fused-ring (bicyclic) bond motifs is 1. The molecule has 120 valence electrons. The summed E-state index contributed by atoms with van der Waals surface area (Å²) in [4.78, 5) is 0. The van der Waals surface area contributed by atoms with Crippen LogP contribution in [0.4, 0.5) is 0 Å². The van der Waals surface area contributed by atoms with Crippen LogP contribution >= 0.6 is 0 Å². The molecule has 0 unspecified atom stereocenters. The molecule has 0 fully saturated rings. The van der Waals surface area contributed by atoms with E-state index in [4.69, 9.17) is 1.37 Å². The van der Waals surface area contributed by atoms with E-state index in [9.17, 15) is 0 Å². The number of para-hydroxylation sites is 2. The molecule has 0 aliphatic carbocycles. The first-order valence-electron chi connectivity index (χ1n) is 8.38. The monoisotopic (exact) mass is 335 g/mol. The molecule has 3 aromatic carbocycles. The number of aromatic nitrogens is 2. The van der Waals surface area contributed by atoms with Gasteiger partial charge in [-0.05, 0) is 23.3 Å². The third kappa shape index (κ3) is 3.34. The second kappa shape index (κ2) is 7.33. The maximum absolute atomic E-state index is 8.70. The molecular weight excluding hydrogens is 316 g/mol. The Morgan fingerprint density at radius 1 is 0.750 bits per heavy atom. The summed E-state index contributed by atoms with van der Waals surface area (Å²) >= 11 is 0. The van der Waals surface area contributed by atoms with Crippen molar-refractivity contribution in [2.75, 3.05) is 0 Å². The largest absolute Gasteiger partial charge is 1.00 e. The number of rotatable bonds is 4. The molecule has 0 saturated carbocycles. The third-order valence-corrected chi connectivity index (χ3v) is 4.07. The summed E-state index contributed by atoms with van der Waals surface area (Å²) in [5.41, 5.74) is 4.61. The van der Waals surface area contributed by atoms with Gasteiger partial charge in [0.15, 0.2) is 12.4 Å². The zero-order valence-electron chi connectivity index (χ0n) is 14.3. The predicted octanol–water partition coefficient (Wildman–Crippen LogP) is 1.03. The highest BCUT2D eigenvalue weighted by Crippen LogP contribution is 2.14. The zero-order valence-corrected chi connectivity index (χ0v) is 14.0. The molecular formula is C21H19ClN2.